The monoisotopic (exact) mass is 259 g/mol. The Labute approximate surface area is 135 Å². The fraction of sp³-hybridized carbons (Fsp3) is 0.250. The summed E-state index contributed by atoms with van der Waals surface area (Å²) >= 11 is 3.98. The molecule has 0 amide bonds. The molecule has 0 saturated heterocycles. The second kappa shape index (κ2) is 5.97. The molecule has 0 unspecified atom stereocenters. The van der Waals surface area contributed by atoms with Crippen LogP contribution in [0.1, 0.15) is 11.1 Å². The normalized spacial score (nSPS) is 11.0. The first kappa shape index (κ1) is 15.9. The molecule has 7 heteroatoms. The Bertz CT molecular complexity index is 356. The van der Waals surface area contributed by atoms with Crippen molar-refractivity contribution in [3.63, 3.8) is 0 Å². The molecule has 0 aliphatic carbocycles. The van der Waals surface area contributed by atoms with Crippen LogP contribution in [0.2, 0.25) is 0 Å². The molecular formula is C8H10BF3KNS. The number of benzene rings is 1. The van der Waals surface area contributed by atoms with Crippen LogP contribution < -0.4 is 57.1 Å². The Kier molecular flexibility index (Phi) is 6.32. The van der Waals surface area contributed by atoms with Crippen molar-refractivity contribution in [2.75, 3.05) is 5.73 Å². The largest absolute Gasteiger partial charge is 1.00 e. The molecule has 0 bridgehead atoms. The first-order valence-electron chi connectivity index (χ1n) is 4.08. The maximum absolute atomic E-state index is 12.2. The summed E-state index contributed by atoms with van der Waals surface area (Å²) in [5.41, 5.74) is 6.58. The smallest absolute Gasteiger partial charge is 0.449 e. The van der Waals surface area contributed by atoms with Crippen molar-refractivity contribution in [3.05, 3.63) is 23.3 Å². The fourth-order valence-electron chi connectivity index (χ4n) is 1.24. The van der Waals surface area contributed by atoms with Crippen LogP contribution in [-0.2, 0) is 6.32 Å². The van der Waals surface area contributed by atoms with Crippen LogP contribution in [0.5, 0.6) is 0 Å². The van der Waals surface area contributed by atoms with Crippen LogP contribution >= 0.6 is 12.6 Å². The molecule has 1 rings (SSSR count). The van der Waals surface area contributed by atoms with E-state index >= 15 is 0 Å². The summed E-state index contributed by atoms with van der Waals surface area (Å²) < 4.78 is 36.5. The molecule has 1 aromatic rings. The summed E-state index contributed by atoms with van der Waals surface area (Å²) in [5, 5.41) is 0. The summed E-state index contributed by atoms with van der Waals surface area (Å²) in [6.07, 6.45) is -0.898. The second-order valence-corrected chi connectivity index (χ2v) is 3.75. The average molecular weight is 259 g/mol. The summed E-state index contributed by atoms with van der Waals surface area (Å²) in [6.45, 7) is -3.24. The van der Waals surface area contributed by atoms with E-state index in [4.69, 9.17) is 5.73 Å². The topological polar surface area (TPSA) is 26.0 Å². The van der Waals surface area contributed by atoms with Crippen molar-refractivity contribution in [2.45, 2.75) is 18.1 Å². The van der Waals surface area contributed by atoms with E-state index in [1.807, 2.05) is 0 Å². The summed E-state index contributed by atoms with van der Waals surface area (Å²) in [5.74, 6) is 0. The zero-order valence-corrected chi connectivity index (χ0v) is 12.6. The van der Waals surface area contributed by atoms with E-state index in [1.165, 1.54) is 6.07 Å². The minimum absolute atomic E-state index is 0. The van der Waals surface area contributed by atoms with E-state index in [0.717, 1.165) is 0 Å². The molecular weight excluding hydrogens is 249 g/mol. The summed E-state index contributed by atoms with van der Waals surface area (Å²) in [6, 6.07) is 2.95. The maximum Gasteiger partial charge on any atom is 1.00 e. The number of hydrogen-bond acceptors (Lipinski definition) is 2. The van der Waals surface area contributed by atoms with Crippen molar-refractivity contribution >= 4 is 25.3 Å². The van der Waals surface area contributed by atoms with Gasteiger partial charge in [0.1, 0.15) is 0 Å². The van der Waals surface area contributed by atoms with Gasteiger partial charge in [0.2, 0.25) is 0 Å². The van der Waals surface area contributed by atoms with Crippen LogP contribution in [-0.4, -0.2) is 6.98 Å². The van der Waals surface area contributed by atoms with E-state index in [1.54, 1.807) is 13.0 Å². The van der Waals surface area contributed by atoms with Gasteiger partial charge in [-0.15, -0.1) is 12.6 Å². The molecule has 0 heterocycles. The van der Waals surface area contributed by atoms with Gasteiger partial charge in [0.05, 0.1) is 0 Å². The fourth-order valence-corrected chi connectivity index (χ4v) is 1.54. The zero-order chi connectivity index (χ0) is 10.9. The van der Waals surface area contributed by atoms with Crippen molar-refractivity contribution in [1.82, 2.24) is 0 Å². The van der Waals surface area contributed by atoms with Crippen molar-refractivity contribution in [3.8, 4) is 0 Å². The molecule has 0 aliphatic rings. The second-order valence-electron chi connectivity index (χ2n) is 3.23. The Hall–Kier alpha value is 0.861. The SMILES string of the molecule is Cc1c(N)cc(S)cc1C[B-](F)(F)F.[K+]. The van der Waals surface area contributed by atoms with Crippen LogP contribution in [0, 0.1) is 6.92 Å². The maximum atomic E-state index is 12.2. The van der Waals surface area contributed by atoms with Crippen LogP contribution in [0.25, 0.3) is 0 Å². The molecule has 0 aliphatic heterocycles. The van der Waals surface area contributed by atoms with E-state index in [2.05, 4.69) is 12.6 Å². The van der Waals surface area contributed by atoms with E-state index in [-0.39, 0.29) is 56.9 Å². The Balaban J connectivity index is 0.00000196. The molecule has 2 N–H and O–H groups in total. The predicted molar refractivity (Wildman–Crippen MR) is 55.6 cm³/mol. The Morgan fingerprint density at radius 3 is 2.33 bits per heavy atom. The third-order valence-corrected chi connectivity index (χ3v) is 2.25. The number of nitrogens with two attached hydrogens (primary N) is 1. The number of halogens is 3. The molecule has 78 valence electrons. The van der Waals surface area contributed by atoms with Gasteiger partial charge >= 0.3 is 58.4 Å². The number of thiol groups is 1. The van der Waals surface area contributed by atoms with Gasteiger partial charge in [0.25, 0.3) is 0 Å². The first-order chi connectivity index (χ1) is 6.29. The Morgan fingerprint density at radius 1 is 1.33 bits per heavy atom. The first-order valence-corrected chi connectivity index (χ1v) is 4.53. The number of nitrogen functional groups attached to an aromatic ring is 1. The number of rotatable bonds is 2. The molecule has 0 aromatic heterocycles. The van der Waals surface area contributed by atoms with Gasteiger partial charge in [-0.1, -0.05) is 11.9 Å². The van der Waals surface area contributed by atoms with E-state index in [0.29, 0.717) is 16.1 Å². The van der Waals surface area contributed by atoms with Gasteiger partial charge in [-0.25, -0.2) is 0 Å². The van der Waals surface area contributed by atoms with Crippen LogP contribution in [0.3, 0.4) is 0 Å². The van der Waals surface area contributed by atoms with Gasteiger partial charge in [-0.3, -0.25) is 0 Å². The average Bonchev–Trinajstić information content (AvgIpc) is 1.96. The third-order valence-electron chi connectivity index (χ3n) is 1.99. The standard InChI is InChI=1S/C8H10BF3NS.K/c1-5-6(4-9(10,11)12)2-7(14)3-8(5)13;/h2-3,14H,4,13H2,1H3;/q-1;+1. The van der Waals surface area contributed by atoms with Crippen molar-refractivity contribution in [1.29, 1.82) is 0 Å². The molecule has 0 saturated carbocycles. The minimum Gasteiger partial charge on any atom is -0.449 e. The van der Waals surface area contributed by atoms with E-state index < -0.39 is 13.3 Å². The van der Waals surface area contributed by atoms with Gasteiger partial charge < -0.3 is 18.7 Å². The minimum atomic E-state index is -4.82. The molecule has 1 nitrogen and oxygen atoms in total. The van der Waals surface area contributed by atoms with Crippen molar-refractivity contribution in [2.24, 2.45) is 0 Å². The van der Waals surface area contributed by atoms with Crippen LogP contribution in [0.15, 0.2) is 17.0 Å². The zero-order valence-electron chi connectivity index (χ0n) is 8.60. The van der Waals surface area contributed by atoms with Gasteiger partial charge in [-0.2, -0.15) is 0 Å². The van der Waals surface area contributed by atoms with Gasteiger partial charge in [0, 0.05) is 10.6 Å². The Morgan fingerprint density at radius 2 is 1.87 bits per heavy atom. The molecule has 15 heavy (non-hydrogen) atoms. The summed E-state index contributed by atoms with van der Waals surface area (Å²) in [7, 11) is 0. The molecule has 1 aromatic carbocycles. The molecule has 0 atom stereocenters. The van der Waals surface area contributed by atoms with E-state index in [9.17, 15) is 12.9 Å². The predicted octanol–water partition coefficient (Wildman–Crippen LogP) is -0.201. The summed E-state index contributed by atoms with van der Waals surface area (Å²) in [4.78, 5) is 0.461. The molecule has 0 spiro atoms. The van der Waals surface area contributed by atoms with Gasteiger partial charge in [-0.05, 0) is 24.6 Å². The quantitative estimate of drug-likeness (QED) is 0.429. The number of hydrogen-bond donors (Lipinski definition) is 2. The van der Waals surface area contributed by atoms with Crippen LogP contribution in [0.4, 0.5) is 18.6 Å². The number of anilines is 1. The van der Waals surface area contributed by atoms with Crippen molar-refractivity contribution < 1.29 is 64.3 Å². The third kappa shape index (κ3) is 5.14. The molecule has 0 fully saturated rings. The molecule has 0 radical (unpaired) electrons. The van der Waals surface area contributed by atoms with Gasteiger partial charge in [0.15, 0.2) is 0 Å².